The molecule has 10 heteroatoms. The van der Waals surface area contributed by atoms with Gasteiger partial charge in [-0.3, -0.25) is 15.4 Å². The van der Waals surface area contributed by atoms with Crippen molar-refractivity contribution in [1.29, 1.82) is 0 Å². The van der Waals surface area contributed by atoms with Gasteiger partial charge in [-0.1, -0.05) is 11.3 Å². The summed E-state index contributed by atoms with van der Waals surface area (Å²) in [5.41, 5.74) is -0.963. The highest BCUT2D eigenvalue weighted by Gasteiger charge is 2.19. The normalized spacial score (nSPS) is 11.1. The van der Waals surface area contributed by atoms with Gasteiger partial charge in [-0.2, -0.15) is 0 Å². The van der Waals surface area contributed by atoms with Crippen molar-refractivity contribution < 1.29 is 18.8 Å². The van der Waals surface area contributed by atoms with E-state index >= 15 is 0 Å². The Kier molecular flexibility index (Phi) is 4.55. The van der Waals surface area contributed by atoms with E-state index in [-0.39, 0.29) is 21.4 Å². The molecule has 1 aromatic heterocycles. The Morgan fingerprint density at radius 1 is 1.39 bits per heavy atom. The molecule has 1 aromatic carbocycles. The molecule has 0 unspecified atom stereocenters. The van der Waals surface area contributed by atoms with Crippen molar-refractivity contribution in [2.24, 2.45) is 0 Å². The van der Waals surface area contributed by atoms with E-state index in [0.29, 0.717) is 0 Å². The van der Waals surface area contributed by atoms with Crippen LogP contribution in [0.25, 0.3) is 10.6 Å². The fraction of sp³-hybridized carbons (Fsp3) is 0.308. The molecule has 0 aliphatic rings. The second-order valence-electron chi connectivity index (χ2n) is 5.46. The second kappa shape index (κ2) is 6.24. The van der Waals surface area contributed by atoms with E-state index in [4.69, 9.17) is 4.74 Å². The number of carbonyl (C=O) groups excluding carboxylic acids is 1. The van der Waals surface area contributed by atoms with Crippen molar-refractivity contribution in [1.82, 2.24) is 10.2 Å². The number of aromatic nitrogens is 2. The molecule has 0 aliphatic heterocycles. The van der Waals surface area contributed by atoms with Crippen molar-refractivity contribution in [3.05, 3.63) is 34.1 Å². The van der Waals surface area contributed by atoms with Gasteiger partial charge in [-0.25, -0.2) is 9.18 Å². The van der Waals surface area contributed by atoms with E-state index in [1.54, 1.807) is 20.8 Å². The third kappa shape index (κ3) is 4.42. The molecule has 0 fully saturated rings. The Balaban J connectivity index is 2.16. The van der Waals surface area contributed by atoms with Gasteiger partial charge in [-0.05, 0) is 26.8 Å². The smallest absolute Gasteiger partial charge is 0.414 e. The average molecular weight is 340 g/mol. The molecule has 0 atom stereocenters. The summed E-state index contributed by atoms with van der Waals surface area (Å²) in [5, 5.41) is 20.8. The van der Waals surface area contributed by atoms with Gasteiger partial charge in [0.05, 0.1) is 11.0 Å². The molecule has 8 nitrogen and oxygen atoms in total. The number of non-ortho nitro benzene ring substituents is 1. The number of nitrogens with one attached hydrogen (secondary N) is 1. The van der Waals surface area contributed by atoms with Gasteiger partial charge < -0.3 is 4.74 Å². The minimum absolute atomic E-state index is 0.0605. The van der Waals surface area contributed by atoms with E-state index < -0.39 is 22.4 Å². The number of benzene rings is 1. The van der Waals surface area contributed by atoms with Crippen molar-refractivity contribution in [2.75, 3.05) is 5.32 Å². The van der Waals surface area contributed by atoms with Crippen LogP contribution < -0.4 is 5.32 Å². The number of rotatable bonds is 3. The third-order valence-electron chi connectivity index (χ3n) is 2.43. The summed E-state index contributed by atoms with van der Waals surface area (Å²) in [4.78, 5) is 21.5. The van der Waals surface area contributed by atoms with Crippen LogP contribution in [0.5, 0.6) is 0 Å². The van der Waals surface area contributed by atoms with Crippen LogP contribution in [0.1, 0.15) is 20.8 Å². The summed E-state index contributed by atoms with van der Waals surface area (Å²) in [6.45, 7) is 5.14. The van der Waals surface area contributed by atoms with Crippen LogP contribution in [0, 0.1) is 15.9 Å². The molecule has 1 amide bonds. The molecule has 0 radical (unpaired) electrons. The molecule has 122 valence electrons. The Morgan fingerprint density at radius 2 is 2.09 bits per heavy atom. The molecule has 23 heavy (non-hydrogen) atoms. The lowest BCUT2D eigenvalue weighted by atomic mass is 10.2. The van der Waals surface area contributed by atoms with Crippen LogP contribution in [-0.2, 0) is 4.74 Å². The monoisotopic (exact) mass is 340 g/mol. The molecule has 0 saturated carbocycles. The standard InChI is InChI=1S/C13H13FN4O4S/c1-13(2,3)22-12(19)15-11-17-16-10(23-11)8-5-4-7(18(20)21)6-9(8)14/h4-6H,1-3H3,(H,15,17,19). The molecule has 0 saturated heterocycles. The van der Waals surface area contributed by atoms with Gasteiger partial charge in [0, 0.05) is 11.6 Å². The fourth-order valence-electron chi connectivity index (χ4n) is 1.56. The van der Waals surface area contributed by atoms with Crippen molar-refractivity contribution in [3.63, 3.8) is 0 Å². The van der Waals surface area contributed by atoms with Gasteiger partial charge in [0.15, 0.2) is 5.01 Å². The number of ether oxygens (including phenoxy) is 1. The number of hydrogen-bond acceptors (Lipinski definition) is 7. The number of nitrogens with zero attached hydrogens (tertiary/aromatic N) is 3. The fourth-order valence-corrected chi connectivity index (χ4v) is 2.32. The number of anilines is 1. The lowest BCUT2D eigenvalue weighted by Crippen LogP contribution is -2.27. The topological polar surface area (TPSA) is 107 Å². The molecular formula is C13H13FN4O4S. The highest BCUT2D eigenvalue weighted by molar-refractivity contribution is 7.18. The Labute approximate surface area is 134 Å². The summed E-state index contributed by atoms with van der Waals surface area (Å²) < 4.78 is 19.0. The average Bonchev–Trinajstić information content (AvgIpc) is 2.84. The number of amides is 1. The predicted octanol–water partition coefficient (Wildman–Crippen LogP) is 3.60. The van der Waals surface area contributed by atoms with E-state index in [9.17, 15) is 19.3 Å². The van der Waals surface area contributed by atoms with Crippen molar-refractivity contribution in [2.45, 2.75) is 26.4 Å². The van der Waals surface area contributed by atoms with Gasteiger partial charge in [0.1, 0.15) is 11.4 Å². The number of nitro benzene ring substituents is 1. The third-order valence-corrected chi connectivity index (χ3v) is 3.30. The van der Waals surface area contributed by atoms with Crippen molar-refractivity contribution in [3.8, 4) is 10.6 Å². The Morgan fingerprint density at radius 3 is 2.65 bits per heavy atom. The highest BCUT2D eigenvalue weighted by atomic mass is 32.1. The van der Waals surface area contributed by atoms with E-state index in [2.05, 4.69) is 15.5 Å². The first-order valence-corrected chi connectivity index (χ1v) is 7.25. The number of hydrogen-bond donors (Lipinski definition) is 1. The highest BCUT2D eigenvalue weighted by Crippen LogP contribution is 2.30. The molecule has 0 bridgehead atoms. The van der Waals surface area contributed by atoms with Crippen LogP contribution in [-0.4, -0.2) is 26.8 Å². The molecule has 1 heterocycles. The predicted molar refractivity (Wildman–Crippen MR) is 81.8 cm³/mol. The minimum atomic E-state index is -0.792. The zero-order chi connectivity index (χ0) is 17.2. The summed E-state index contributed by atoms with van der Waals surface area (Å²) in [7, 11) is 0. The van der Waals surface area contributed by atoms with Gasteiger partial charge in [-0.15, -0.1) is 10.2 Å². The first-order valence-electron chi connectivity index (χ1n) is 6.43. The second-order valence-corrected chi connectivity index (χ2v) is 6.44. The van der Waals surface area contributed by atoms with Gasteiger partial charge >= 0.3 is 6.09 Å². The first kappa shape index (κ1) is 16.7. The SMILES string of the molecule is CC(C)(C)OC(=O)Nc1nnc(-c2ccc([N+](=O)[O-])cc2F)s1. The maximum Gasteiger partial charge on any atom is 0.414 e. The van der Waals surface area contributed by atoms with Gasteiger partial charge in [0.2, 0.25) is 5.13 Å². The maximum atomic E-state index is 13.9. The largest absolute Gasteiger partial charge is 0.444 e. The molecule has 0 aliphatic carbocycles. The van der Waals surface area contributed by atoms with Crippen molar-refractivity contribution >= 4 is 28.2 Å². The zero-order valence-electron chi connectivity index (χ0n) is 12.5. The van der Waals surface area contributed by atoms with Crippen LogP contribution in [0.2, 0.25) is 0 Å². The van der Waals surface area contributed by atoms with Gasteiger partial charge in [0.25, 0.3) is 5.69 Å². The quantitative estimate of drug-likeness (QED) is 0.675. The molecule has 0 spiro atoms. The van der Waals surface area contributed by atoms with Crippen LogP contribution in [0.4, 0.5) is 20.0 Å². The van der Waals surface area contributed by atoms with E-state index in [1.807, 2.05) is 0 Å². The molecule has 1 N–H and O–H groups in total. The van der Waals surface area contributed by atoms with E-state index in [1.165, 1.54) is 12.1 Å². The summed E-state index contributed by atoms with van der Waals surface area (Å²) in [6.07, 6.45) is -0.704. The number of halogens is 1. The number of carbonyl (C=O) groups is 1. The number of nitro groups is 1. The Hall–Kier alpha value is -2.62. The Bertz CT molecular complexity index is 757. The lowest BCUT2D eigenvalue weighted by Gasteiger charge is -2.18. The van der Waals surface area contributed by atoms with E-state index in [0.717, 1.165) is 17.4 Å². The summed E-state index contributed by atoms with van der Waals surface area (Å²) in [6, 6.07) is 3.21. The minimum Gasteiger partial charge on any atom is -0.444 e. The van der Waals surface area contributed by atoms with Crippen LogP contribution in [0.15, 0.2) is 18.2 Å². The summed E-state index contributed by atoms with van der Waals surface area (Å²) >= 11 is 0.925. The lowest BCUT2D eigenvalue weighted by molar-refractivity contribution is -0.385. The molecular weight excluding hydrogens is 327 g/mol. The molecule has 2 aromatic rings. The maximum absolute atomic E-state index is 13.9. The summed E-state index contributed by atoms with van der Waals surface area (Å²) in [5.74, 6) is -0.792. The first-order chi connectivity index (χ1) is 10.7. The van der Waals surface area contributed by atoms with Crippen LogP contribution in [0.3, 0.4) is 0 Å². The zero-order valence-corrected chi connectivity index (χ0v) is 13.3. The van der Waals surface area contributed by atoms with Crippen LogP contribution >= 0.6 is 11.3 Å². The molecule has 2 rings (SSSR count).